The fourth-order valence-corrected chi connectivity index (χ4v) is 4.31. The molecular formula is C15H16Cl2N2O4S2. The fourth-order valence-electron chi connectivity index (χ4n) is 2.14. The Hall–Kier alpha value is -1.32. The molecule has 0 bridgehead atoms. The number of aryl methyl sites for hydroxylation is 2. The maximum Gasteiger partial charge on any atom is 0.240 e. The Morgan fingerprint density at radius 3 is 2.28 bits per heavy atom. The first-order valence-corrected chi connectivity index (χ1v) is 11.0. The highest BCUT2D eigenvalue weighted by Crippen LogP contribution is 2.24. The van der Waals surface area contributed by atoms with Crippen LogP contribution in [0.2, 0.25) is 10.0 Å². The Balaban J connectivity index is 2.21. The van der Waals surface area contributed by atoms with Crippen molar-refractivity contribution in [2.45, 2.75) is 18.2 Å². The molecule has 2 aromatic carbocycles. The molecule has 0 radical (unpaired) electrons. The number of nitrogens with two attached hydrogens (primary N) is 1. The third-order valence-corrected chi connectivity index (χ3v) is 6.33. The van der Waals surface area contributed by atoms with Gasteiger partial charge in [0.2, 0.25) is 20.0 Å². The molecule has 0 heterocycles. The van der Waals surface area contributed by atoms with Crippen molar-refractivity contribution in [3.8, 4) is 0 Å². The number of sulfonamides is 2. The van der Waals surface area contributed by atoms with Gasteiger partial charge in [-0.3, -0.25) is 4.72 Å². The van der Waals surface area contributed by atoms with Crippen molar-refractivity contribution in [1.29, 1.82) is 0 Å². The summed E-state index contributed by atoms with van der Waals surface area (Å²) in [6, 6.07) is 9.05. The van der Waals surface area contributed by atoms with E-state index < -0.39 is 20.0 Å². The summed E-state index contributed by atoms with van der Waals surface area (Å²) in [5, 5.41) is 5.84. The quantitative estimate of drug-likeness (QED) is 0.745. The molecule has 10 heteroatoms. The molecule has 0 fully saturated rings. The van der Waals surface area contributed by atoms with E-state index >= 15 is 0 Å². The van der Waals surface area contributed by atoms with Crippen LogP contribution in [0.1, 0.15) is 11.1 Å². The summed E-state index contributed by atoms with van der Waals surface area (Å²) < 4.78 is 50.1. The standard InChI is InChI=1S/C15H16Cl2N2O4S2/c1-10-2-5-15(25(18,22)23)14(8-10)19-24(20,21)7-6-11-3-4-12(16)13(17)9-11/h2-5,8-9,19H,6-7H2,1H3,(H2,18,22,23). The number of hydrogen-bond donors (Lipinski definition) is 2. The van der Waals surface area contributed by atoms with Crippen molar-refractivity contribution in [2.75, 3.05) is 10.5 Å². The van der Waals surface area contributed by atoms with E-state index in [1.807, 2.05) is 0 Å². The van der Waals surface area contributed by atoms with Crippen molar-refractivity contribution in [2.24, 2.45) is 5.14 Å². The molecule has 0 aliphatic rings. The number of rotatable bonds is 6. The van der Waals surface area contributed by atoms with Gasteiger partial charge in [-0.05, 0) is 48.7 Å². The highest BCUT2D eigenvalue weighted by atomic mass is 35.5. The van der Waals surface area contributed by atoms with Crippen LogP contribution in [0.5, 0.6) is 0 Å². The predicted octanol–water partition coefficient (Wildman–Crippen LogP) is 2.93. The Kier molecular flexibility index (Phi) is 6.01. The molecule has 2 aromatic rings. The van der Waals surface area contributed by atoms with Crippen LogP contribution in [0.15, 0.2) is 41.3 Å². The summed E-state index contributed by atoms with van der Waals surface area (Å²) in [6.07, 6.45) is 0.183. The molecule has 136 valence electrons. The third-order valence-electron chi connectivity index (χ3n) is 3.35. The van der Waals surface area contributed by atoms with E-state index in [1.165, 1.54) is 18.2 Å². The molecule has 25 heavy (non-hydrogen) atoms. The molecule has 0 atom stereocenters. The molecule has 0 aliphatic heterocycles. The number of primary sulfonamides is 1. The molecular weight excluding hydrogens is 407 g/mol. The summed E-state index contributed by atoms with van der Waals surface area (Å²) in [5.74, 6) is -0.261. The zero-order valence-electron chi connectivity index (χ0n) is 13.2. The first-order chi connectivity index (χ1) is 11.5. The highest BCUT2D eigenvalue weighted by molar-refractivity contribution is 7.93. The summed E-state index contributed by atoms with van der Waals surface area (Å²) in [7, 11) is -7.86. The fraction of sp³-hybridized carbons (Fsp3) is 0.200. The molecule has 2 rings (SSSR count). The first-order valence-electron chi connectivity index (χ1n) is 7.06. The van der Waals surface area contributed by atoms with Gasteiger partial charge in [-0.2, -0.15) is 0 Å². The normalized spacial score (nSPS) is 12.2. The van der Waals surface area contributed by atoms with Crippen LogP contribution in [-0.2, 0) is 26.5 Å². The van der Waals surface area contributed by atoms with Gasteiger partial charge >= 0.3 is 0 Å². The zero-order chi connectivity index (χ0) is 18.8. The summed E-state index contributed by atoms with van der Waals surface area (Å²) >= 11 is 11.7. The van der Waals surface area contributed by atoms with Crippen LogP contribution in [0.25, 0.3) is 0 Å². The topological polar surface area (TPSA) is 106 Å². The van der Waals surface area contributed by atoms with Crippen LogP contribution in [0.4, 0.5) is 5.69 Å². The van der Waals surface area contributed by atoms with Gasteiger partial charge in [0.25, 0.3) is 0 Å². The average Bonchev–Trinajstić information content (AvgIpc) is 2.47. The number of benzene rings is 2. The molecule has 0 aliphatic carbocycles. The van der Waals surface area contributed by atoms with E-state index in [-0.39, 0.29) is 22.8 Å². The SMILES string of the molecule is Cc1ccc(S(N)(=O)=O)c(NS(=O)(=O)CCc2ccc(Cl)c(Cl)c2)c1. The lowest BCUT2D eigenvalue weighted by molar-refractivity contribution is 0.598. The molecule has 0 aromatic heterocycles. The van der Waals surface area contributed by atoms with E-state index in [1.54, 1.807) is 25.1 Å². The van der Waals surface area contributed by atoms with E-state index in [0.717, 1.165) is 0 Å². The zero-order valence-corrected chi connectivity index (χ0v) is 16.3. The molecule has 0 saturated heterocycles. The minimum Gasteiger partial charge on any atom is -0.282 e. The Bertz CT molecular complexity index is 1010. The molecule has 0 unspecified atom stereocenters. The second-order valence-corrected chi connectivity index (χ2v) is 9.65. The van der Waals surface area contributed by atoms with E-state index in [0.29, 0.717) is 21.2 Å². The molecule has 6 nitrogen and oxygen atoms in total. The van der Waals surface area contributed by atoms with Crippen molar-refractivity contribution in [1.82, 2.24) is 0 Å². The second-order valence-electron chi connectivity index (χ2n) is 5.46. The minimum absolute atomic E-state index is 0.0726. The number of hydrogen-bond acceptors (Lipinski definition) is 4. The Morgan fingerprint density at radius 1 is 1.00 bits per heavy atom. The van der Waals surface area contributed by atoms with Gasteiger partial charge in [0.1, 0.15) is 4.90 Å². The van der Waals surface area contributed by atoms with Crippen molar-refractivity contribution >= 4 is 48.9 Å². The summed E-state index contributed by atoms with van der Waals surface area (Å²) in [5.41, 5.74) is 1.31. The maximum atomic E-state index is 12.3. The lowest BCUT2D eigenvalue weighted by Crippen LogP contribution is -2.21. The average molecular weight is 423 g/mol. The highest BCUT2D eigenvalue weighted by Gasteiger charge is 2.19. The van der Waals surface area contributed by atoms with Crippen molar-refractivity contribution < 1.29 is 16.8 Å². The predicted molar refractivity (Wildman–Crippen MR) is 100 cm³/mol. The van der Waals surface area contributed by atoms with Crippen LogP contribution in [-0.4, -0.2) is 22.6 Å². The summed E-state index contributed by atoms with van der Waals surface area (Å²) in [6.45, 7) is 1.71. The number of nitrogens with one attached hydrogen (secondary N) is 1. The number of halogens is 2. The largest absolute Gasteiger partial charge is 0.282 e. The van der Waals surface area contributed by atoms with E-state index in [9.17, 15) is 16.8 Å². The van der Waals surface area contributed by atoms with Gasteiger partial charge < -0.3 is 0 Å². The Labute approximate surface area is 157 Å². The molecule has 0 saturated carbocycles. The third kappa shape index (κ3) is 5.58. The van der Waals surface area contributed by atoms with Crippen LogP contribution in [0, 0.1) is 6.92 Å². The van der Waals surface area contributed by atoms with Gasteiger partial charge in [-0.15, -0.1) is 0 Å². The van der Waals surface area contributed by atoms with Crippen LogP contribution in [0.3, 0.4) is 0 Å². The van der Waals surface area contributed by atoms with Gasteiger partial charge in [0.15, 0.2) is 0 Å². The van der Waals surface area contributed by atoms with Gasteiger partial charge in [0.05, 0.1) is 21.5 Å². The molecule has 0 amide bonds. The van der Waals surface area contributed by atoms with Gasteiger partial charge in [-0.25, -0.2) is 22.0 Å². The monoisotopic (exact) mass is 422 g/mol. The first kappa shape index (κ1) is 20.0. The lowest BCUT2D eigenvalue weighted by atomic mass is 10.2. The van der Waals surface area contributed by atoms with Crippen molar-refractivity contribution in [3.05, 3.63) is 57.6 Å². The molecule has 3 N–H and O–H groups in total. The minimum atomic E-state index is -4.06. The smallest absolute Gasteiger partial charge is 0.240 e. The lowest BCUT2D eigenvalue weighted by Gasteiger charge is -2.12. The van der Waals surface area contributed by atoms with Gasteiger partial charge in [-0.1, -0.05) is 35.3 Å². The van der Waals surface area contributed by atoms with E-state index in [4.69, 9.17) is 28.3 Å². The second kappa shape index (κ2) is 7.51. The van der Waals surface area contributed by atoms with Gasteiger partial charge in [0, 0.05) is 0 Å². The molecule has 0 spiro atoms. The van der Waals surface area contributed by atoms with Crippen LogP contribution < -0.4 is 9.86 Å². The van der Waals surface area contributed by atoms with E-state index in [2.05, 4.69) is 4.72 Å². The summed E-state index contributed by atoms with van der Waals surface area (Å²) in [4.78, 5) is -0.281. The van der Waals surface area contributed by atoms with Crippen LogP contribution >= 0.6 is 23.2 Å². The Morgan fingerprint density at radius 2 is 1.68 bits per heavy atom. The van der Waals surface area contributed by atoms with Crippen molar-refractivity contribution in [3.63, 3.8) is 0 Å². The maximum absolute atomic E-state index is 12.3. The number of anilines is 1.